The SMILES string of the molecule is Cc1ccccc1COc1ccc(/C=C(/C#N)C(=O)Nc2nnc(N3CCOCC3)s2)cc1Cl. The number of carbonyl (C=O) groups excluding carboxylic acids is 1. The van der Waals surface area contributed by atoms with E-state index in [4.69, 9.17) is 21.1 Å². The Labute approximate surface area is 206 Å². The zero-order valence-corrected chi connectivity index (χ0v) is 20.0. The van der Waals surface area contributed by atoms with Crippen LogP contribution < -0.4 is 15.0 Å². The Hall–Kier alpha value is -3.45. The summed E-state index contributed by atoms with van der Waals surface area (Å²) >= 11 is 7.63. The van der Waals surface area contributed by atoms with Gasteiger partial charge in [-0.15, -0.1) is 10.2 Å². The molecule has 2 heterocycles. The summed E-state index contributed by atoms with van der Waals surface area (Å²) in [6, 6.07) is 15.0. The number of benzene rings is 2. The van der Waals surface area contributed by atoms with Crippen LogP contribution in [0.1, 0.15) is 16.7 Å². The van der Waals surface area contributed by atoms with Crippen molar-refractivity contribution >= 4 is 45.2 Å². The number of morpholine rings is 1. The van der Waals surface area contributed by atoms with Gasteiger partial charge in [0, 0.05) is 13.1 Å². The lowest BCUT2D eigenvalue weighted by molar-refractivity contribution is -0.112. The normalized spacial score (nSPS) is 13.9. The number of aromatic nitrogens is 2. The van der Waals surface area contributed by atoms with Crippen LogP contribution in [0.3, 0.4) is 0 Å². The molecule has 3 aromatic rings. The Morgan fingerprint density at radius 3 is 2.82 bits per heavy atom. The molecule has 174 valence electrons. The van der Waals surface area contributed by atoms with Crippen molar-refractivity contribution in [3.05, 3.63) is 69.8 Å². The lowest BCUT2D eigenvalue weighted by Crippen LogP contribution is -2.36. The smallest absolute Gasteiger partial charge is 0.268 e. The van der Waals surface area contributed by atoms with Gasteiger partial charge in [0.15, 0.2) is 0 Å². The van der Waals surface area contributed by atoms with Gasteiger partial charge in [-0.1, -0.05) is 53.3 Å². The first-order valence-electron chi connectivity index (χ1n) is 10.6. The number of aryl methyl sites for hydroxylation is 1. The maximum Gasteiger partial charge on any atom is 0.268 e. The first-order chi connectivity index (χ1) is 16.5. The van der Waals surface area contributed by atoms with E-state index in [0.717, 1.165) is 24.2 Å². The quantitative estimate of drug-likeness (QED) is 0.381. The molecule has 0 radical (unpaired) electrons. The molecule has 34 heavy (non-hydrogen) atoms. The van der Waals surface area contributed by atoms with Crippen molar-refractivity contribution in [2.24, 2.45) is 0 Å². The summed E-state index contributed by atoms with van der Waals surface area (Å²) in [5, 5.41) is 21.7. The molecule has 10 heteroatoms. The maximum atomic E-state index is 12.6. The van der Waals surface area contributed by atoms with Gasteiger partial charge in [0.25, 0.3) is 5.91 Å². The average Bonchev–Trinajstić information content (AvgIpc) is 3.32. The highest BCUT2D eigenvalue weighted by molar-refractivity contribution is 7.19. The number of rotatable bonds is 7. The van der Waals surface area contributed by atoms with Crippen molar-refractivity contribution in [3.63, 3.8) is 0 Å². The number of nitriles is 1. The minimum atomic E-state index is -0.567. The summed E-state index contributed by atoms with van der Waals surface area (Å²) < 4.78 is 11.2. The Balaban J connectivity index is 1.41. The molecule has 8 nitrogen and oxygen atoms in total. The third-order valence-electron chi connectivity index (χ3n) is 5.19. The van der Waals surface area contributed by atoms with E-state index in [1.807, 2.05) is 42.2 Å². The molecule has 1 saturated heterocycles. The molecular formula is C24H22ClN5O3S. The van der Waals surface area contributed by atoms with Gasteiger partial charge in [0.05, 0.1) is 18.2 Å². The summed E-state index contributed by atoms with van der Waals surface area (Å²) in [5.41, 5.74) is 2.73. The Kier molecular flexibility index (Phi) is 7.75. The van der Waals surface area contributed by atoms with Crippen LogP contribution in [-0.2, 0) is 16.1 Å². The fraction of sp³-hybridized carbons (Fsp3) is 0.250. The van der Waals surface area contributed by atoms with E-state index in [2.05, 4.69) is 15.5 Å². The van der Waals surface area contributed by atoms with Gasteiger partial charge < -0.3 is 14.4 Å². The maximum absolute atomic E-state index is 12.6. The third-order valence-corrected chi connectivity index (χ3v) is 6.39. The van der Waals surface area contributed by atoms with E-state index in [1.165, 1.54) is 17.4 Å². The van der Waals surface area contributed by atoms with Crippen LogP contribution in [0.2, 0.25) is 5.02 Å². The number of nitrogens with zero attached hydrogens (tertiary/aromatic N) is 4. The molecule has 0 atom stereocenters. The summed E-state index contributed by atoms with van der Waals surface area (Å²) in [4.78, 5) is 14.7. The largest absolute Gasteiger partial charge is 0.487 e. The van der Waals surface area contributed by atoms with Gasteiger partial charge in [-0.2, -0.15) is 5.26 Å². The van der Waals surface area contributed by atoms with Gasteiger partial charge >= 0.3 is 0 Å². The fourth-order valence-corrected chi connectivity index (χ4v) is 4.31. The summed E-state index contributed by atoms with van der Waals surface area (Å²) in [6.07, 6.45) is 1.47. The Morgan fingerprint density at radius 2 is 2.09 bits per heavy atom. The van der Waals surface area contributed by atoms with E-state index < -0.39 is 5.91 Å². The molecule has 2 aromatic carbocycles. The molecule has 1 aliphatic heterocycles. The van der Waals surface area contributed by atoms with Crippen LogP contribution in [0, 0.1) is 18.3 Å². The van der Waals surface area contributed by atoms with Crippen molar-refractivity contribution in [2.45, 2.75) is 13.5 Å². The molecule has 1 fully saturated rings. The van der Waals surface area contributed by atoms with Gasteiger partial charge in [0.2, 0.25) is 10.3 Å². The lowest BCUT2D eigenvalue weighted by Gasteiger charge is -2.25. The van der Waals surface area contributed by atoms with Crippen LogP contribution in [-0.4, -0.2) is 42.4 Å². The van der Waals surface area contributed by atoms with Crippen LogP contribution in [0.25, 0.3) is 6.08 Å². The second-order valence-corrected chi connectivity index (χ2v) is 8.88. The van der Waals surface area contributed by atoms with E-state index in [9.17, 15) is 10.1 Å². The fourth-order valence-electron chi connectivity index (χ4n) is 3.28. The number of nitrogens with one attached hydrogen (secondary N) is 1. The van der Waals surface area contributed by atoms with Gasteiger partial charge in [-0.05, 0) is 41.8 Å². The van der Waals surface area contributed by atoms with Crippen LogP contribution in [0.5, 0.6) is 5.75 Å². The van der Waals surface area contributed by atoms with Crippen LogP contribution in [0.4, 0.5) is 10.3 Å². The topological polar surface area (TPSA) is 100 Å². The van der Waals surface area contributed by atoms with E-state index >= 15 is 0 Å². The first-order valence-corrected chi connectivity index (χ1v) is 11.8. The molecule has 0 aliphatic carbocycles. The molecule has 1 N–H and O–H groups in total. The summed E-state index contributed by atoms with van der Waals surface area (Å²) in [5.74, 6) is -0.0438. The Bertz CT molecular complexity index is 1250. The highest BCUT2D eigenvalue weighted by atomic mass is 35.5. The van der Waals surface area contributed by atoms with Gasteiger partial charge in [-0.3, -0.25) is 10.1 Å². The molecule has 1 amide bonds. The molecule has 1 aliphatic rings. The minimum Gasteiger partial charge on any atom is -0.487 e. The zero-order chi connectivity index (χ0) is 23.9. The summed E-state index contributed by atoms with van der Waals surface area (Å²) in [6.45, 7) is 5.10. The van der Waals surface area contributed by atoms with E-state index in [-0.39, 0.29) is 5.57 Å². The number of ether oxygens (including phenoxy) is 2. The second-order valence-electron chi connectivity index (χ2n) is 7.52. The molecule has 4 rings (SSSR count). The number of hydrogen-bond donors (Lipinski definition) is 1. The number of halogens is 1. The Morgan fingerprint density at radius 1 is 1.29 bits per heavy atom. The predicted molar refractivity (Wildman–Crippen MR) is 132 cm³/mol. The van der Waals surface area contributed by atoms with Crippen LogP contribution in [0.15, 0.2) is 48.0 Å². The van der Waals surface area contributed by atoms with E-state index in [1.54, 1.807) is 18.2 Å². The number of anilines is 2. The van der Waals surface area contributed by atoms with Crippen molar-refractivity contribution in [1.29, 1.82) is 5.26 Å². The number of amides is 1. The lowest BCUT2D eigenvalue weighted by atomic mass is 10.1. The van der Waals surface area contributed by atoms with Crippen molar-refractivity contribution < 1.29 is 14.3 Å². The molecule has 0 bridgehead atoms. The van der Waals surface area contributed by atoms with Crippen molar-refractivity contribution in [3.8, 4) is 11.8 Å². The number of hydrogen-bond acceptors (Lipinski definition) is 8. The standard InChI is InChI=1S/C24H22ClN5O3S/c1-16-4-2-3-5-18(16)15-33-21-7-6-17(13-20(21)25)12-19(14-26)22(31)27-23-28-29-24(34-23)30-8-10-32-11-9-30/h2-7,12-13H,8-11,15H2,1H3,(H,27,28,31)/b19-12-. The highest BCUT2D eigenvalue weighted by Gasteiger charge is 2.18. The molecular weight excluding hydrogens is 474 g/mol. The molecule has 1 aromatic heterocycles. The van der Waals surface area contributed by atoms with Crippen molar-refractivity contribution in [2.75, 3.05) is 36.5 Å². The summed E-state index contributed by atoms with van der Waals surface area (Å²) in [7, 11) is 0. The molecule has 0 unspecified atom stereocenters. The van der Waals surface area contributed by atoms with E-state index in [0.29, 0.717) is 46.4 Å². The monoisotopic (exact) mass is 495 g/mol. The van der Waals surface area contributed by atoms with Crippen LogP contribution >= 0.6 is 22.9 Å². The average molecular weight is 496 g/mol. The zero-order valence-electron chi connectivity index (χ0n) is 18.5. The molecule has 0 spiro atoms. The van der Waals surface area contributed by atoms with Crippen molar-refractivity contribution in [1.82, 2.24) is 10.2 Å². The first kappa shape index (κ1) is 23.7. The van der Waals surface area contributed by atoms with Gasteiger partial charge in [0.1, 0.15) is 24.0 Å². The third kappa shape index (κ3) is 5.91. The highest BCUT2D eigenvalue weighted by Crippen LogP contribution is 2.28. The minimum absolute atomic E-state index is 0.0761. The predicted octanol–water partition coefficient (Wildman–Crippen LogP) is 4.46. The second kappa shape index (κ2) is 11.1. The van der Waals surface area contributed by atoms with Gasteiger partial charge in [-0.25, -0.2) is 0 Å². The molecule has 0 saturated carbocycles. The number of carbonyl (C=O) groups is 1.